The first-order valence-corrected chi connectivity index (χ1v) is 13.4. The maximum Gasteiger partial charge on any atom is 0.227 e. The van der Waals surface area contributed by atoms with Crippen LogP contribution in [0.1, 0.15) is 28.2 Å². The number of nitrogens with one attached hydrogen (secondary N) is 2. The molecule has 0 amide bonds. The van der Waals surface area contributed by atoms with E-state index in [1.807, 2.05) is 24.4 Å². The molecule has 4 aromatic carbocycles. The number of nitrogens with zero attached hydrogens (tertiary/aromatic N) is 2. The summed E-state index contributed by atoms with van der Waals surface area (Å²) in [7, 11) is 0. The van der Waals surface area contributed by atoms with Crippen molar-refractivity contribution in [2.45, 2.75) is 18.8 Å². The lowest BCUT2D eigenvalue weighted by Gasteiger charge is -2.27. The number of hydrogen-bond donors (Lipinski definition) is 2. The van der Waals surface area contributed by atoms with E-state index in [-0.39, 0.29) is 5.92 Å². The average molecular weight is 548 g/mol. The summed E-state index contributed by atoms with van der Waals surface area (Å²) in [6.45, 7) is 0.894. The molecule has 182 valence electrons. The first kappa shape index (κ1) is 23.4. The van der Waals surface area contributed by atoms with Crippen molar-refractivity contribution in [2.75, 3.05) is 17.2 Å². The Morgan fingerprint density at radius 1 is 0.811 bits per heavy atom. The lowest BCUT2D eigenvalue weighted by atomic mass is 9.78. The van der Waals surface area contributed by atoms with E-state index in [0.29, 0.717) is 5.95 Å². The molecule has 37 heavy (non-hydrogen) atoms. The van der Waals surface area contributed by atoms with E-state index in [2.05, 4.69) is 116 Å². The highest BCUT2D eigenvalue weighted by atomic mass is 79.9. The van der Waals surface area contributed by atoms with Gasteiger partial charge in [-0.2, -0.15) is 0 Å². The Hall–Kier alpha value is -3.96. The van der Waals surface area contributed by atoms with Gasteiger partial charge in [0.15, 0.2) is 0 Å². The maximum absolute atomic E-state index is 4.96. The van der Waals surface area contributed by atoms with E-state index in [1.165, 1.54) is 27.8 Å². The number of hydrogen-bond acceptors (Lipinski definition) is 4. The van der Waals surface area contributed by atoms with Gasteiger partial charge in [0.25, 0.3) is 0 Å². The summed E-state index contributed by atoms with van der Waals surface area (Å²) < 4.78 is 1.10. The molecule has 1 unspecified atom stereocenters. The van der Waals surface area contributed by atoms with Gasteiger partial charge in [0.1, 0.15) is 0 Å². The number of rotatable bonds is 7. The summed E-state index contributed by atoms with van der Waals surface area (Å²) in [5.74, 6) is 0.903. The molecular formula is C32H27BrN4. The summed E-state index contributed by atoms with van der Waals surface area (Å²) in [6.07, 6.45) is 3.82. The van der Waals surface area contributed by atoms with Crippen molar-refractivity contribution in [3.8, 4) is 11.3 Å². The van der Waals surface area contributed by atoms with Gasteiger partial charge in [-0.3, -0.25) is 0 Å². The second-order valence-corrected chi connectivity index (χ2v) is 10.2. The van der Waals surface area contributed by atoms with Gasteiger partial charge in [0, 0.05) is 40.1 Å². The van der Waals surface area contributed by atoms with Crippen molar-refractivity contribution in [1.29, 1.82) is 0 Å². The Labute approximate surface area is 226 Å². The molecule has 2 N–H and O–H groups in total. The molecule has 0 saturated heterocycles. The van der Waals surface area contributed by atoms with Crippen LogP contribution in [-0.4, -0.2) is 16.5 Å². The molecule has 1 aliphatic carbocycles. The van der Waals surface area contributed by atoms with Crippen molar-refractivity contribution in [3.63, 3.8) is 0 Å². The van der Waals surface area contributed by atoms with Crippen LogP contribution >= 0.6 is 15.9 Å². The van der Waals surface area contributed by atoms with Crippen LogP contribution in [0.5, 0.6) is 0 Å². The number of para-hydroxylation sites is 1. The van der Waals surface area contributed by atoms with Crippen LogP contribution in [0.3, 0.4) is 0 Å². The maximum atomic E-state index is 4.96. The molecule has 4 nitrogen and oxygen atoms in total. The fourth-order valence-corrected chi connectivity index (χ4v) is 5.42. The minimum absolute atomic E-state index is 0.285. The van der Waals surface area contributed by atoms with Crippen LogP contribution in [0, 0.1) is 0 Å². The van der Waals surface area contributed by atoms with Gasteiger partial charge in [-0.15, -0.1) is 0 Å². The van der Waals surface area contributed by atoms with Crippen molar-refractivity contribution in [1.82, 2.24) is 9.97 Å². The molecule has 1 atom stereocenters. The van der Waals surface area contributed by atoms with Crippen molar-refractivity contribution >= 4 is 33.3 Å². The number of fused-ring (bicyclic) bond motifs is 3. The first-order valence-electron chi connectivity index (χ1n) is 12.6. The quantitative estimate of drug-likeness (QED) is 0.217. The zero-order valence-electron chi connectivity index (χ0n) is 20.4. The molecular weight excluding hydrogens is 520 g/mol. The summed E-state index contributed by atoms with van der Waals surface area (Å²) in [5.41, 5.74) is 9.40. The Kier molecular flexibility index (Phi) is 6.70. The van der Waals surface area contributed by atoms with Crippen LogP contribution in [0.25, 0.3) is 11.3 Å². The van der Waals surface area contributed by atoms with Gasteiger partial charge in [-0.25, -0.2) is 9.97 Å². The normalized spacial score (nSPS) is 13.9. The van der Waals surface area contributed by atoms with Crippen LogP contribution in [0.2, 0.25) is 0 Å². The number of benzene rings is 4. The average Bonchev–Trinajstić information content (AvgIpc) is 2.94. The minimum atomic E-state index is 0.285. The van der Waals surface area contributed by atoms with Gasteiger partial charge >= 0.3 is 0 Å². The van der Waals surface area contributed by atoms with Crippen molar-refractivity contribution < 1.29 is 0 Å². The van der Waals surface area contributed by atoms with Crippen molar-refractivity contribution in [2.24, 2.45) is 0 Å². The van der Waals surface area contributed by atoms with E-state index in [1.54, 1.807) is 0 Å². The zero-order chi connectivity index (χ0) is 25.0. The summed E-state index contributed by atoms with van der Waals surface area (Å²) in [6, 6.07) is 36.0. The van der Waals surface area contributed by atoms with Crippen LogP contribution in [-0.2, 0) is 12.8 Å². The second kappa shape index (κ2) is 10.6. The lowest BCUT2D eigenvalue weighted by molar-refractivity contribution is 0.782. The molecule has 0 aliphatic heterocycles. The third kappa shape index (κ3) is 5.27. The van der Waals surface area contributed by atoms with Crippen LogP contribution < -0.4 is 10.6 Å². The molecule has 1 aromatic heterocycles. The van der Waals surface area contributed by atoms with E-state index < -0.39 is 0 Å². The molecule has 0 spiro atoms. The van der Waals surface area contributed by atoms with E-state index in [0.717, 1.165) is 40.9 Å². The fraction of sp³-hybridized carbons (Fsp3) is 0.125. The predicted molar refractivity (Wildman–Crippen MR) is 156 cm³/mol. The van der Waals surface area contributed by atoms with Gasteiger partial charge < -0.3 is 10.6 Å². The Bertz CT molecular complexity index is 1520. The Morgan fingerprint density at radius 2 is 1.62 bits per heavy atom. The van der Waals surface area contributed by atoms with E-state index in [4.69, 9.17) is 4.98 Å². The lowest BCUT2D eigenvalue weighted by Crippen LogP contribution is -2.15. The molecule has 1 aliphatic rings. The topological polar surface area (TPSA) is 49.8 Å². The van der Waals surface area contributed by atoms with Gasteiger partial charge in [0.2, 0.25) is 5.95 Å². The zero-order valence-corrected chi connectivity index (χ0v) is 21.9. The minimum Gasteiger partial charge on any atom is -0.385 e. The highest BCUT2D eigenvalue weighted by Gasteiger charge is 2.27. The first-order chi connectivity index (χ1) is 18.2. The largest absolute Gasteiger partial charge is 0.385 e. The molecule has 0 radical (unpaired) electrons. The summed E-state index contributed by atoms with van der Waals surface area (Å²) >= 11 is 3.63. The highest BCUT2D eigenvalue weighted by molar-refractivity contribution is 9.10. The standard InChI is InChI=1S/C32H27BrN4/c33-25-8-6-7-23(19-25)30-20-24-21-35-32(37-31(24)29-12-5-4-11-28(29)30)36-27-15-13-22(14-16-27)17-18-34-26-9-2-1-3-10-26/h1-16,19,21,30,34H,17-18,20H2,(H,35,36,37). The number of aromatic nitrogens is 2. The summed E-state index contributed by atoms with van der Waals surface area (Å²) in [5, 5.41) is 6.86. The van der Waals surface area contributed by atoms with E-state index >= 15 is 0 Å². The molecule has 1 heterocycles. The molecule has 5 aromatic rings. The SMILES string of the molecule is Brc1cccc(C2Cc3cnc(Nc4ccc(CCNc5ccccc5)cc4)nc3-c3ccccc32)c1. The van der Waals surface area contributed by atoms with Gasteiger partial charge in [0.05, 0.1) is 5.69 Å². The molecule has 0 bridgehead atoms. The molecule has 0 saturated carbocycles. The molecule has 5 heteroatoms. The van der Waals surface area contributed by atoms with E-state index in [9.17, 15) is 0 Å². The Morgan fingerprint density at radius 3 is 2.46 bits per heavy atom. The van der Waals surface area contributed by atoms with Crippen molar-refractivity contribution in [3.05, 3.63) is 136 Å². The number of anilines is 3. The smallest absolute Gasteiger partial charge is 0.227 e. The fourth-order valence-electron chi connectivity index (χ4n) is 5.01. The molecule has 0 fully saturated rings. The molecule has 6 rings (SSSR count). The van der Waals surface area contributed by atoms with Gasteiger partial charge in [-0.1, -0.05) is 82.7 Å². The van der Waals surface area contributed by atoms with Crippen LogP contribution in [0.4, 0.5) is 17.3 Å². The Balaban J connectivity index is 1.18. The predicted octanol–water partition coefficient (Wildman–Crippen LogP) is 7.99. The van der Waals surface area contributed by atoms with Crippen LogP contribution in [0.15, 0.2) is 114 Å². The summed E-state index contributed by atoms with van der Waals surface area (Å²) in [4.78, 5) is 9.63. The second-order valence-electron chi connectivity index (χ2n) is 9.33. The third-order valence-corrected chi connectivity index (χ3v) is 7.35. The number of halogens is 1. The highest BCUT2D eigenvalue weighted by Crippen LogP contribution is 2.42. The third-order valence-electron chi connectivity index (χ3n) is 6.86. The monoisotopic (exact) mass is 546 g/mol. The van der Waals surface area contributed by atoms with Gasteiger partial charge in [-0.05, 0) is 71.5 Å².